The number of piperidine rings is 1. The number of carbonyl (C=O) groups is 2. The van der Waals surface area contributed by atoms with Gasteiger partial charge in [-0.25, -0.2) is 0 Å². The van der Waals surface area contributed by atoms with Gasteiger partial charge in [0.2, 0.25) is 5.91 Å². The highest BCUT2D eigenvalue weighted by Gasteiger charge is 2.47. The topological polar surface area (TPSA) is 57.6 Å². The molecule has 1 fully saturated rings. The highest BCUT2D eigenvalue weighted by atomic mass is 35.5. The summed E-state index contributed by atoms with van der Waals surface area (Å²) in [6.07, 6.45) is 2.95. The molecule has 0 radical (unpaired) electrons. The third-order valence-electron chi connectivity index (χ3n) is 5.19. The zero-order chi connectivity index (χ0) is 17.9. The van der Waals surface area contributed by atoms with Gasteiger partial charge in [0.1, 0.15) is 0 Å². The number of carboxylic acids is 1. The van der Waals surface area contributed by atoms with Crippen molar-refractivity contribution < 1.29 is 14.7 Å². The minimum atomic E-state index is -0.916. The molecule has 0 bridgehead atoms. The van der Waals surface area contributed by atoms with Gasteiger partial charge in [-0.1, -0.05) is 44.5 Å². The Hall–Kier alpha value is -1.55. The number of amides is 1. The van der Waals surface area contributed by atoms with Crippen LogP contribution in [0, 0.1) is 5.41 Å². The maximum atomic E-state index is 13.2. The summed E-state index contributed by atoms with van der Waals surface area (Å²) in [6.45, 7) is 5.93. The molecule has 1 unspecified atom stereocenters. The van der Waals surface area contributed by atoms with Crippen LogP contribution in [0.15, 0.2) is 24.3 Å². The van der Waals surface area contributed by atoms with Gasteiger partial charge in [-0.05, 0) is 43.4 Å². The number of carboxylic acid groups (broad SMARTS) is 1. The van der Waals surface area contributed by atoms with E-state index in [0.717, 1.165) is 24.8 Å². The molecule has 0 aromatic heterocycles. The lowest BCUT2D eigenvalue weighted by molar-refractivity contribution is -0.159. The molecule has 132 valence electrons. The summed E-state index contributed by atoms with van der Waals surface area (Å²) in [6, 6.07) is 7.73. The maximum Gasteiger partial charge on any atom is 0.304 e. The molecule has 1 amide bonds. The van der Waals surface area contributed by atoms with Crippen molar-refractivity contribution in [1.29, 1.82) is 0 Å². The van der Waals surface area contributed by atoms with Crippen molar-refractivity contribution in [3.63, 3.8) is 0 Å². The van der Waals surface area contributed by atoms with Gasteiger partial charge in [-0.15, -0.1) is 0 Å². The third kappa shape index (κ3) is 3.75. The van der Waals surface area contributed by atoms with E-state index in [4.69, 9.17) is 11.6 Å². The van der Waals surface area contributed by atoms with Crippen LogP contribution in [-0.2, 0) is 9.59 Å². The number of hydrogen-bond donors (Lipinski definition) is 1. The first-order valence-corrected chi connectivity index (χ1v) is 9.00. The van der Waals surface area contributed by atoms with Gasteiger partial charge in [-0.2, -0.15) is 0 Å². The second kappa shape index (κ2) is 7.56. The van der Waals surface area contributed by atoms with Crippen LogP contribution >= 0.6 is 11.6 Å². The number of rotatable bonds is 6. The summed E-state index contributed by atoms with van der Waals surface area (Å²) in [5, 5.41) is 9.89. The fourth-order valence-corrected chi connectivity index (χ4v) is 3.89. The van der Waals surface area contributed by atoms with E-state index in [1.165, 1.54) is 0 Å². The molecule has 1 heterocycles. The van der Waals surface area contributed by atoms with Crippen molar-refractivity contribution in [2.45, 2.75) is 65.0 Å². The number of aliphatic carboxylic acids is 1. The lowest BCUT2D eigenvalue weighted by atomic mass is 9.74. The lowest BCUT2D eigenvalue weighted by Crippen LogP contribution is -2.53. The molecular weight excluding hydrogens is 326 g/mol. The number of halogens is 1. The monoisotopic (exact) mass is 351 g/mol. The van der Waals surface area contributed by atoms with Gasteiger partial charge in [0, 0.05) is 11.1 Å². The zero-order valence-corrected chi connectivity index (χ0v) is 15.3. The van der Waals surface area contributed by atoms with Crippen LogP contribution in [0.2, 0.25) is 5.02 Å². The van der Waals surface area contributed by atoms with E-state index in [2.05, 4.69) is 13.8 Å². The van der Waals surface area contributed by atoms with Gasteiger partial charge in [0.15, 0.2) is 0 Å². The zero-order valence-electron chi connectivity index (χ0n) is 14.6. The Morgan fingerprint density at radius 2 is 1.92 bits per heavy atom. The second-order valence-corrected chi connectivity index (χ2v) is 7.36. The highest BCUT2D eigenvalue weighted by molar-refractivity contribution is 6.30. The highest BCUT2D eigenvalue weighted by Crippen LogP contribution is 2.44. The quantitative estimate of drug-likeness (QED) is 0.810. The Bertz CT molecular complexity index is 597. The number of likely N-dealkylation sites (tertiary alicyclic amines) is 1. The lowest BCUT2D eigenvalue weighted by Gasteiger charge is -2.47. The van der Waals surface area contributed by atoms with Crippen LogP contribution in [-0.4, -0.2) is 27.9 Å². The Labute approximate surface area is 148 Å². The molecular formula is C19H26ClNO3. The van der Waals surface area contributed by atoms with Crippen molar-refractivity contribution in [2.75, 3.05) is 0 Å². The number of carbonyl (C=O) groups excluding carboxylic acids is 1. The number of benzene rings is 1. The van der Waals surface area contributed by atoms with E-state index >= 15 is 0 Å². The smallest absolute Gasteiger partial charge is 0.304 e. The predicted octanol–water partition coefficient (Wildman–Crippen LogP) is 4.67. The Morgan fingerprint density at radius 1 is 1.33 bits per heavy atom. The minimum Gasteiger partial charge on any atom is -0.481 e. The van der Waals surface area contributed by atoms with Gasteiger partial charge in [0.05, 0.1) is 17.9 Å². The van der Waals surface area contributed by atoms with E-state index in [9.17, 15) is 14.7 Å². The molecule has 1 N–H and O–H groups in total. The van der Waals surface area contributed by atoms with Crippen LogP contribution in [0.1, 0.15) is 64.5 Å². The summed E-state index contributed by atoms with van der Waals surface area (Å²) >= 11 is 5.99. The van der Waals surface area contributed by atoms with Crippen LogP contribution in [0.25, 0.3) is 0 Å². The van der Waals surface area contributed by atoms with Gasteiger partial charge >= 0.3 is 5.97 Å². The van der Waals surface area contributed by atoms with E-state index in [0.29, 0.717) is 11.4 Å². The molecule has 5 heteroatoms. The molecule has 4 nitrogen and oxygen atoms in total. The first-order valence-electron chi connectivity index (χ1n) is 8.62. The predicted molar refractivity (Wildman–Crippen MR) is 95.0 cm³/mol. The van der Waals surface area contributed by atoms with E-state index < -0.39 is 11.4 Å². The van der Waals surface area contributed by atoms with E-state index in [1.807, 2.05) is 29.2 Å². The first kappa shape index (κ1) is 18.8. The average molecular weight is 352 g/mol. The van der Waals surface area contributed by atoms with Crippen LogP contribution in [0.5, 0.6) is 0 Å². The Morgan fingerprint density at radius 3 is 2.42 bits per heavy atom. The third-order valence-corrected chi connectivity index (χ3v) is 5.44. The fraction of sp³-hybridized carbons (Fsp3) is 0.579. The van der Waals surface area contributed by atoms with Crippen LogP contribution in [0.4, 0.5) is 0 Å². The van der Waals surface area contributed by atoms with E-state index in [1.54, 1.807) is 6.92 Å². The number of nitrogens with zero attached hydrogens (tertiary/aromatic N) is 1. The normalized spacial score (nSPS) is 24.5. The van der Waals surface area contributed by atoms with Gasteiger partial charge in [-0.3, -0.25) is 9.59 Å². The minimum absolute atomic E-state index is 0.0125. The van der Waals surface area contributed by atoms with Crippen molar-refractivity contribution >= 4 is 23.5 Å². The summed E-state index contributed by atoms with van der Waals surface area (Å²) in [5.41, 5.74) is 0.245. The standard InChI is InChI=1S/C19H26ClNO3/c1-4-15(5-2)21-16(13-6-8-14(20)9-7-13)10-11-19(3,18(21)24)12-17(22)23/h6-9,15-16H,4-5,10-12H2,1-3H3,(H,22,23)/t16-,19?/m0/s1. The summed E-state index contributed by atoms with van der Waals surface area (Å²) in [7, 11) is 0. The number of hydrogen-bond acceptors (Lipinski definition) is 2. The molecule has 1 aliphatic heterocycles. The van der Waals surface area contributed by atoms with Crippen molar-refractivity contribution in [1.82, 2.24) is 4.90 Å². The van der Waals surface area contributed by atoms with Crippen LogP contribution < -0.4 is 0 Å². The molecule has 24 heavy (non-hydrogen) atoms. The second-order valence-electron chi connectivity index (χ2n) is 6.92. The molecule has 0 spiro atoms. The molecule has 2 atom stereocenters. The SMILES string of the molecule is CCC(CC)N1C(=O)C(C)(CC(=O)O)CC[C@H]1c1ccc(Cl)cc1. The summed E-state index contributed by atoms with van der Waals surface area (Å²) < 4.78 is 0. The van der Waals surface area contributed by atoms with Gasteiger partial charge < -0.3 is 10.0 Å². The molecule has 0 aliphatic carbocycles. The summed E-state index contributed by atoms with van der Waals surface area (Å²) in [4.78, 5) is 26.4. The average Bonchev–Trinajstić information content (AvgIpc) is 2.53. The van der Waals surface area contributed by atoms with Crippen molar-refractivity contribution in [3.8, 4) is 0 Å². The van der Waals surface area contributed by atoms with Crippen LogP contribution in [0.3, 0.4) is 0 Å². The Kier molecular flexibility index (Phi) is 5.92. The van der Waals surface area contributed by atoms with Gasteiger partial charge in [0.25, 0.3) is 0 Å². The maximum absolute atomic E-state index is 13.2. The van der Waals surface area contributed by atoms with E-state index in [-0.39, 0.29) is 24.4 Å². The molecule has 1 saturated heterocycles. The first-order chi connectivity index (χ1) is 11.3. The molecule has 1 aliphatic rings. The van der Waals surface area contributed by atoms with Crippen molar-refractivity contribution in [3.05, 3.63) is 34.9 Å². The fourth-order valence-electron chi connectivity index (χ4n) is 3.77. The largest absolute Gasteiger partial charge is 0.481 e. The summed E-state index contributed by atoms with van der Waals surface area (Å²) in [5.74, 6) is -0.954. The molecule has 0 saturated carbocycles. The molecule has 1 aromatic carbocycles. The van der Waals surface area contributed by atoms with Crippen molar-refractivity contribution in [2.24, 2.45) is 5.41 Å². The molecule has 2 rings (SSSR count). The Balaban J connectivity index is 2.40. The molecule has 1 aromatic rings.